The van der Waals surface area contributed by atoms with Gasteiger partial charge in [0, 0.05) is 30.8 Å². The summed E-state index contributed by atoms with van der Waals surface area (Å²) >= 11 is 0. The van der Waals surface area contributed by atoms with Crippen molar-refractivity contribution in [1.29, 1.82) is 0 Å². The predicted octanol–water partition coefficient (Wildman–Crippen LogP) is 0.704. The Balaban J connectivity index is 1.93. The van der Waals surface area contributed by atoms with Gasteiger partial charge in [-0.1, -0.05) is 0 Å². The average molecular weight is 293 g/mol. The summed E-state index contributed by atoms with van der Waals surface area (Å²) in [6, 6.07) is 4.70. The average Bonchev–Trinajstić information content (AvgIpc) is 3.30. The number of hydrogen-bond donors (Lipinski definition) is 3. The molecule has 0 aliphatic heterocycles. The number of benzene rings is 1. The molecule has 1 fully saturated rings. The number of nitrogens with two attached hydrogens (primary N) is 1. The Labute approximate surface area is 122 Å². The van der Waals surface area contributed by atoms with Crippen LogP contribution in [0.25, 0.3) is 0 Å². The maximum absolute atomic E-state index is 12.0. The second-order valence-corrected chi connectivity index (χ2v) is 5.10. The van der Waals surface area contributed by atoms with E-state index in [0.717, 1.165) is 6.54 Å². The molecular formula is C13H19N5O3. The largest absolute Gasteiger partial charge is 0.351 e. The summed E-state index contributed by atoms with van der Waals surface area (Å²) in [5.74, 6) is 4.97. The molecule has 1 aliphatic rings. The first-order chi connectivity index (χ1) is 10.0. The highest BCUT2D eigenvalue weighted by Gasteiger charge is 2.25. The summed E-state index contributed by atoms with van der Waals surface area (Å²) in [4.78, 5) is 24.4. The molecule has 1 aromatic rings. The lowest BCUT2D eigenvalue weighted by Gasteiger charge is -2.15. The van der Waals surface area contributed by atoms with Crippen LogP contribution in [0, 0.1) is 10.1 Å². The summed E-state index contributed by atoms with van der Waals surface area (Å²) in [6.45, 7) is 1.32. The molecule has 0 spiro atoms. The van der Waals surface area contributed by atoms with E-state index < -0.39 is 4.92 Å². The number of nitro benzene ring substituents is 1. The first-order valence-corrected chi connectivity index (χ1v) is 6.76. The molecule has 2 rings (SSSR count). The maximum atomic E-state index is 12.0. The van der Waals surface area contributed by atoms with E-state index in [1.807, 2.05) is 7.05 Å². The minimum absolute atomic E-state index is 0.114. The molecule has 0 aromatic heterocycles. The molecule has 0 bridgehead atoms. The zero-order valence-corrected chi connectivity index (χ0v) is 11.8. The minimum Gasteiger partial charge on any atom is -0.351 e. The molecule has 114 valence electrons. The monoisotopic (exact) mass is 293 g/mol. The van der Waals surface area contributed by atoms with E-state index in [1.54, 1.807) is 0 Å². The molecule has 21 heavy (non-hydrogen) atoms. The van der Waals surface area contributed by atoms with Crippen molar-refractivity contribution in [2.75, 3.05) is 25.6 Å². The number of rotatable bonds is 7. The SMILES string of the molecule is CN(CCNC(=O)c1ccc([N+](=O)[O-])c(NN)c1)C1CC1. The van der Waals surface area contributed by atoms with Crippen LogP contribution in [0.3, 0.4) is 0 Å². The fourth-order valence-electron chi connectivity index (χ4n) is 2.10. The van der Waals surface area contributed by atoms with Crippen LogP contribution in [-0.4, -0.2) is 41.9 Å². The lowest BCUT2D eigenvalue weighted by molar-refractivity contribution is -0.384. The van der Waals surface area contributed by atoms with Crippen LogP contribution in [0.1, 0.15) is 23.2 Å². The van der Waals surface area contributed by atoms with Gasteiger partial charge in [-0.05, 0) is 32.0 Å². The van der Waals surface area contributed by atoms with Gasteiger partial charge in [0.2, 0.25) is 0 Å². The third kappa shape index (κ3) is 3.89. The van der Waals surface area contributed by atoms with Gasteiger partial charge < -0.3 is 15.6 Å². The summed E-state index contributed by atoms with van der Waals surface area (Å²) in [7, 11) is 2.03. The Hall–Kier alpha value is -2.19. The van der Waals surface area contributed by atoms with Crippen LogP contribution < -0.4 is 16.6 Å². The molecular weight excluding hydrogens is 274 g/mol. The molecule has 0 unspecified atom stereocenters. The quantitative estimate of drug-likeness (QED) is 0.387. The van der Waals surface area contributed by atoms with Crippen LogP contribution in [0.2, 0.25) is 0 Å². The number of nitro groups is 1. The Kier molecular flexibility index (Phi) is 4.71. The highest BCUT2D eigenvalue weighted by molar-refractivity contribution is 5.95. The van der Waals surface area contributed by atoms with Gasteiger partial charge in [-0.2, -0.15) is 0 Å². The number of hydrogen-bond acceptors (Lipinski definition) is 6. The van der Waals surface area contributed by atoms with Crippen LogP contribution in [0.15, 0.2) is 18.2 Å². The van der Waals surface area contributed by atoms with Crippen molar-refractivity contribution in [3.63, 3.8) is 0 Å². The first-order valence-electron chi connectivity index (χ1n) is 6.76. The highest BCUT2D eigenvalue weighted by atomic mass is 16.6. The van der Waals surface area contributed by atoms with Gasteiger partial charge in [-0.15, -0.1) is 0 Å². The van der Waals surface area contributed by atoms with E-state index in [-0.39, 0.29) is 17.3 Å². The van der Waals surface area contributed by atoms with Crippen molar-refractivity contribution >= 4 is 17.3 Å². The van der Waals surface area contributed by atoms with Gasteiger partial charge in [0.15, 0.2) is 0 Å². The molecule has 1 saturated carbocycles. The van der Waals surface area contributed by atoms with Crippen molar-refractivity contribution in [1.82, 2.24) is 10.2 Å². The Morgan fingerprint density at radius 1 is 1.52 bits per heavy atom. The fourth-order valence-corrected chi connectivity index (χ4v) is 2.10. The summed E-state index contributed by atoms with van der Waals surface area (Å²) in [5, 5.41) is 13.6. The van der Waals surface area contributed by atoms with Gasteiger partial charge in [-0.3, -0.25) is 20.8 Å². The number of nitrogens with zero attached hydrogens (tertiary/aromatic N) is 2. The summed E-state index contributed by atoms with van der Waals surface area (Å²) < 4.78 is 0. The van der Waals surface area contributed by atoms with Crippen LogP contribution in [-0.2, 0) is 0 Å². The standard InChI is InChI=1S/C13H19N5O3/c1-17(10-3-4-10)7-6-15-13(19)9-2-5-12(18(20)21)11(8-9)16-14/h2,5,8,10,16H,3-4,6-7,14H2,1H3,(H,15,19). The summed E-state index contributed by atoms with van der Waals surface area (Å²) in [5.41, 5.74) is 2.52. The van der Waals surface area contributed by atoms with E-state index >= 15 is 0 Å². The van der Waals surface area contributed by atoms with Crippen molar-refractivity contribution in [2.24, 2.45) is 5.84 Å². The Bertz CT molecular complexity index is 545. The molecule has 4 N–H and O–H groups in total. The predicted molar refractivity (Wildman–Crippen MR) is 78.9 cm³/mol. The van der Waals surface area contributed by atoms with Gasteiger partial charge in [0.25, 0.3) is 11.6 Å². The highest BCUT2D eigenvalue weighted by Crippen LogP contribution is 2.25. The number of anilines is 1. The molecule has 1 aliphatic carbocycles. The van der Waals surface area contributed by atoms with Gasteiger partial charge >= 0.3 is 0 Å². The van der Waals surface area contributed by atoms with Crippen LogP contribution in [0.5, 0.6) is 0 Å². The lowest BCUT2D eigenvalue weighted by atomic mass is 10.1. The molecule has 0 atom stereocenters. The van der Waals surface area contributed by atoms with Gasteiger partial charge in [-0.25, -0.2) is 0 Å². The molecule has 8 heteroatoms. The first kappa shape index (κ1) is 15.2. The van der Waals surface area contributed by atoms with Crippen molar-refractivity contribution in [2.45, 2.75) is 18.9 Å². The number of nitrogens with one attached hydrogen (secondary N) is 2. The fraction of sp³-hybridized carbons (Fsp3) is 0.462. The lowest BCUT2D eigenvalue weighted by Crippen LogP contribution is -2.34. The van der Waals surface area contributed by atoms with E-state index in [1.165, 1.54) is 31.0 Å². The zero-order valence-electron chi connectivity index (χ0n) is 11.8. The molecule has 8 nitrogen and oxygen atoms in total. The number of nitrogen functional groups attached to an aromatic ring is 1. The van der Waals surface area contributed by atoms with Crippen molar-refractivity contribution in [3.8, 4) is 0 Å². The molecule has 0 radical (unpaired) electrons. The molecule has 1 aromatic carbocycles. The van der Waals surface area contributed by atoms with Crippen LogP contribution in [0.4, 0.5) is 11.4 Å². The van der Waals surface area contributed by atoms with E-state index in [0.29, 0.717) is 18.2 Å². The van der Waals surface area contributed by atoms with Crippen molar-refractivity contribution in [3.05, 3.63) is 33.9 Å². The van der Waals surface area contributed by atoms with Gasteiger partial charge in [0.1, 0.15) is 5.69 Å². The third-order valence-electron chi connectivity index (χ3n) is 3.53. The maximum Gasteiger partial charge on any atom is 0.293 e. The second-order valence-electron chi connectivity index (χ2n) is 5.10. The normalized spacial score (nSPS) is 14.0. The van der Waals surface area contributed by atoms with Crippen molar-refractivity contribution < 1.29 is 9.72 Å². The number of hydrazine groups is 1. The Morgan fingerprint density at radius 3 is 2.81 bits per heavy atom. The third-order valence-corrected chi connectivity index (χ3v) is 3.53. The number of carbonyl (C=O) groups is 1. The molecule has 0 saturated heterocycles. The smallest absolute Gasteiger partial charge is 0.293 e. The topological polar surface area (TPSA) is 114 Å². The number of likely N-dealkylation sites (N-methyl/N-ethyl adjacent to an activating group) is 1. The Morgan fingerprint density at radius 2 is 2.24 bits per heavy atom. The van der Waals surface area contributed by atoms with E-state index in [9.17, 15) is 14.9 Å². The van der Waals surface area contributed by atoms with Gasteiger partial charge in [0.05, 0.1) is 4.92 Å². The molecule has 0 heterocycles. The number of amides is 1. The summed E-state index contributed by atoms with van der Waals surface area (Å²) in [6.07, 6.45) is 2.44. The zero-order chi connectivity index (χ0) is 15.4. The van der Waals surface area contributed by atoms with Crippen LogP contribution >= 0.6 is 0 Å². The molecule has 1 amide bonds. The van der Waals surface area contributed by atoms with E-state index in [2.05, 4.69) is 15.6 Å². The van der Waals surface area contributed by atoms with E-state index in [4.69, 9.17) is 5.84 Å². The second kappa shape index (κ2) is 6.51. The number of carbonyl (C=O) groups excluding carboxylic acids is 1. The minimum atomic E-state index is -0.554.